The van der Waals surface area contributed by atoms with Crippen LogP contribution < -0.4 is 10.1 Å². The minimum Gasteiger partial charge on any atom is -0.497 e. The fraction of sp³-hybridized carbons (Fsp3) is 0.435. The van der Waals surface area contributed by atoms with Crippen molar-refractivity contribution in [3.05, 3.63) is 54.1 Å². The smallest absolute Gasteiger partial charge is 0.251 e. The minimum atomic E-state index is -0.00984. The molecule has 0 spiro atoms. The lowest BCUT2D eigenvalue weighted by Gasteiger charge is -2.32. The van der Waals surface area contributed by atoms with Crippen LogP contribution in [0.25, 0.3) is 11.1 Å². The molecular formula is C23H30N2O3. The van der Waals surface area contributed by atoms with Crippen LogP contribution in [0.2, 0.25) is 0 Å². The molecule has 2 aromatic rings. The van der Waals surface area contributed by atoms with Crippen molar-refractivity contribution in [2.45, 2.75) is 12.8 Å². The Morgan fingerprint density at radius 2 is 1.96 bits per heavy atom. The molecule has 5 nitrogen and oxygen atoms in total. The molecule has 0 aromatic heterocycles. The molecular weight excluding hydrogens is 352 g/mol. The van der Waals surface area contributed by atoms with Crippen LogP contribution in [0.1, 0.15) is 23.2 Å². The molecule has 5 heteroatoms. The van der Waals surface area contributed by atoms with Crippen LogP contribution in [-0.4, -0.2) is 57.8 Å². The summed E-state index contributed by atoms with van der Waals surface area (Å²) < 4.78 is 10.4. The second-order valence-electron chi connectivity index (χ2n) is 7.32. The molecule has 1 N–H and O–H groups in total. The Bertz CT molecular complexity index is 761. The van der Waals surface area contributed by atoms with E-state index >= 15 is 0 Å². The summed E-state index contributed by atoms with van der Waals surface area (Å²) in [6, 6.07) is 15.6. The number of rotatable bonds is 8. The maximum absolute atomic E-state index is 12.7. The van der Waals surface area contributed by atoms with Crippen LogP contribution in [-0.2, 0) is 4.74 Å². The van der Waals surface area contributed by atoms with E-state index in [1.165, 1.54) is 6.42 Å². The fourth-order valence-electron chi connectivity index (χ4n) is 3.70. The number of likely N-dealkylation sites (tertiary alicyclic amines) is 1. The zero-order valence-electron chi connectivity index (χ0n) is 16.8. The van der Waals surface area contributed by atoms with Crippen LogP contribution in [0.3, 0.4) is 0 Å². The van der Waals surface area contributed by atoms with Gasteiger partial charge >= 0.3 is 0 Å². The number of piperidine rings is 1. The van der Waals surface area contributed by atoms with Crippen molar-refractivity contribution in [2.75, 3.05) is 47.0 Å². The number of nitrogens with zero attached hydrogens (tertiary/aromatic N) is 1. The van der Waals surface area contributed by atoms with Gasteiger partial charge in [0.1, 0.15) is 5.75 Å². The number of carbonyl (C=O) groups is 1. The van der Waals surface area contributed by atoms with Gasteiger partial charge in [-0.3, -0.25) is 4.79 Å². The quantitative estimate of drug-likeness (QED) is 0.760. The molecule has 1 fully saturated rings. The van der Waals surface area contributed by atoms with E-state index in [-0.39, 0.29) is 5.91 Å². The summed E-state index contributed by atoms with van der Waals surface area (Å²) in [6.07, 6.45) is 2.34. The molecule has 3 rings (SSSR count). The lowest BCUT2D eigenvalue weighted by Crippen LogP contribution is -2.42. The van der Waals surface area contributed by atoms with Crippen LogP contribution in [0.4, 0.5) is 0 Å². The zero-order chi connectivity index (χ0) is 19.8. The summed E-state index contributed by atoms with van der Waals surface area (Å²) in [7, 11) is 3.39. The van der Waals surface area contributed by atoms with Crippen LogP contribution in [0.5, 0.6) is 5.75 Å². The summed E-state index contributed by atoms with van der Waals surface area (Å²) in [5, 5.41) is 3.13. The van der Waals surface area contributed by atoms with Crippen LogP contribution in [0.15, 0.2) is 48.5 Å². The number of carbonyl (C=O) groups excluding carboxylic acids is 1. The average Bonchev–Trinajstić information content (AvgIpc) is 2.76. The Hall–Kier alpha value is -2.37. The highest BCUT2D eigenvalue weighted by atomic mass is 16.5. The Labute approximate surface area is 167 Å². The van der Waals surface area contributed by atoms with Gasteiger partial charge in [0.05, 0.1) is 13.7 Å². The molecule has 28 heavy (non-hydrogen) atoms. The number of nitrogens with one attached hydrogen (secondary N) is 1. The van der Waals surface area contributed by atoms with E-state index < -0.39 is 0 Å². The Balaban J connectivity index is 1.57. The van der Waals surface area contributed by atoms with E-state index in [0.29, 0.717) is 11.5 Å². The van der Waals surface area contributed by atoms with Crippen molar-refractivity contribution in [1.82, 2.24) is 10.2 Å². The summed E-state index contributed by atoms with van der Waals surface area (Å²) in [5.41, 5.74) is 2.79. The van der Waals surface area contributed by atoms with Gasteiger partial charge in [-0.25, -0.2) is 0 Å². The summed E-state index contributed by atoms with van der Waals surface area (Å²) in [5.74, 6) is 1.31. The molecule has 1 aliphatic rings. The average molecular weight is 383 g/mol. The predicted octanol–water partition coefficient (Wildman–Crippen LogP) is 3.45. The standard InChI is InChI=1S/C23H30N2O3/c1-27-14-13-25-12-4-5-18(17-25)16-24-23(26)21-7-3-6-20(15-21)19-8-10-22(28-2)11-9-19/h3,6-11,15,18H,4-5,12-14,16-17H2,1-2H3,(H,24,26). The van der Waals surface area contributed by atoms with Gasteiger partial charge in [0.25, 0.3) is 5.91 Å². The maximum Gasteiger partial charge on any atom is 0.251 e. The number of hydrogen-bond acceptors (Lipinski definition) is 4. The molecule has 1 heterocycles. The Kier molecular flexibility index (Phi) is 7.46. The number of amides is 1. The summed E-state index contributed by atoms with van der Waals surface area (Å²) in [6.45, 7) is 4.59. The van der Waals surface area contributed by atoms with Crippen LogP contribution >= 0.6 is 0 Å². The molecule has 1 unspecified atom stereocenters. The van der Waals surface area contributed by atoms with Gasteiger partial charge in [0, 0.05) is 32.3 Å². The SMILES string of the molecule is COCCN1CCCC(CNC(=O)c2cccc(-c3ccc(OC)cc3)c2)C1. The first kappa shape index (κ1) is 20.4. The van der Waals surface area contributed by atoms with Gasteiger partial charge in [0.2, 0.25) is 0 Å². The first-order valence-corrected chi connectivity index (χ1v) is 9.93. The van der Waals surface area contributed by atoms with Gasteiger partial charge in [0.15, 0.2) is 0 Å². The van der Waals surface area contributed by atoms with E-state index in [4.69, 9.17) is 9.47 Å². The van der Waals surface area contributed by atoms with E-state index in [1.807, 2.05) is 48.5 Å². The molecule has 1 aliphatic heterocycles. The number of ether oxygens (including phenoxy) is 2. The van der Waals surface area contributed by atoms with Gasteiger partial charge in [-0.15, -0.1) is 0 Å². The summed E-state index contributed by atoms with van der Waals surface area (Å²) >= 11 is 0. The number of methoxy groups -OCH3 is 2. The van der Waals surface area contributed by atoms with Crippen molar-refractivity contribution in [1.29, 1.82) is 0 Å². The monoisotopic (exact) mass is 382 g/mol. The van der Waals surface area contributed by atoms with Crippen molar-refractivity contribution >= 4 is 5.91 Å². The van der Waals surface area contributed by atoms with Crippen molar-refractivity contribution in [2.24, 2.45) is 5.92 Å². The third kappa shape index (κ3) is 5.57. The van der Waals surface area contributed by atoms with Gasteiger partial charge < -0.3 is 19.7 Å². The van der Waals surface area contributed by atoms with E-state index in [9.17, 15) is 4.79 Å². The van der Waals surface area contributed by atoms with Crippen molar-refractivity contribution in [3.63, 3.8) is 0 Å². The first-order valence-electron chi connectivity index (χ1n) is 9.93. The molecule has 150 valence electrons. The third-order valence-corrected chi connectivity index (χ3v) is 5.31. The second kappa shape index (κ2) is 10.2. The predicted molar refractivity (Wildman–Crippen MR) is 112 cm³/mol. The highest BCUT2D eigenvalue weighted by molar-refractivity contribution is 5.95. The third-order valence-electron chi connectivity index (χ3n) is 5.31. The van der Waals surface area contributed by atoms with E-state index in [0.717, 1.165) is 56.1 Å². The number of benzene rings is 2. The van der Waals surface area contributed by atoms with Gasteiger partial charge in [-0.1, -0.05) is 24.3 Å². The maximum atomic E-state index is 12.7. The van der Waals surface area contributed by atoms with Crippen LogP contribution in [0, 0.1) is 5.92 Å². The normalized spacial score (nSPS) is 17.3. The summed E-state index contributed by atoms with van der Waals surface area (Å²) in [4.78, 5) is 15.1. The highest BCUT2D eigenvalue weighted by Gasteiger charge is 2.20. The molecule has 1 amide bonds. The highest BCUT2D eigenvalue weighted by Crippen LogP contribution is 2.23. The van der Waals surface area contributed by atoms with Crippen molar-refractivity contribution < 1.29 is 14.3 Å². The zero-order valence-corrected chi connectivity index (χ0v) is 16.8. The fourth-order valence-corrected chi connectivity index (χ4v) is 3.70. The number of hydrogen-bond donors (Lipinski definition) is 1. The molecule has 2 aromatic carbocycles. The molecule has 0 radical (unpaired) electrons. The topological polar surface area (TPSA) is 50.8 Å². The molecule has 0 bridgehead atoms. The van der Waals surface area contributed by atoms with E-state index in [1.54, 1.807) is 14.2 Å². The lowest BCUT2D eigenvalue weighted by molar-refractivity contribution is 0.0913. The van der Waals surface area contributed by atoms with Crippen molar-refractivity contribution in [3.8, 4) is 16.9 Å². The van der Waals surface area contributed by atoms with Gasteiger partial charge in [-0.05, 0) is 60.7 Å². The van der Waals surface area contributed by atoms with E-state index in [2.05, 4.69) is 10.2 Å². The Morgan fingerprint density at radius 3 is 2.71 bits per heavy atom. The largest absolute Gasteiger partial charge is 0.497 e. The molecule has 1 atom stereocenters. The molecule has 1 saturated heterocycles. The van der Waals surface area contributed by atoms with Gasteiger partial charge in [-0.2, -0.15) is 0 Å². The first-order chi connectivity index (χ1) is 13.7. The molecule has 0 saturated carbocycles. The Morgan fingerprint density at radius 1 is 1.14 bits per heavy atom. The minimum absolute atomic E-state index is 0.00984. The lowest BCUT2D eigenvalue weighted by atomic mass is 9.97. The molecule has 0 aliphatic carbocycles. The second-order valence-corrected chi connectivity index (χ2v) is 7.32.